The minimum absolute atomic E-state index is 0.126. The molecular formula is C14H17F2NO2. The first-order chi connectivity index (χ1) is 9.04. The molecule has 0 aromatic heterocycles. The number of benzene rings is 1. The molecule has 1 aromatic rings. The predicted octanol–water partition coefficient (Wildman–Crippen LogP) is 2.26. The summed E-state index contributed by atoms with van der Waals surface area (Å²) in [5.74, 6) is -1.99. The standard InChI is InChI=1S/C14H17F2NO2/c1-9-6-11(13(16)7-12(9)15)14(19)17-5-3-2-4-10(17)8-18/h6-7,10,18H,2-5,8H2,1H3. The lowest BCUT2D eigenvalue weighted by molar-refractivity contribution is 0.0498. The fraction of sp³-hybridized carbons (Fsp3) is 0.500. The molecule has 1 aliphatic rings. The second-order valence-corrected chi connectivity index (χ2v) is 4.91. The summed E-state index contributed by atoms with van der Waals surface area (Å²) in [6, 6.07) is 1.70. The quantitative estimate of drug-likeness (QED) is 0.894. The maximum Gasteiger partial charge on any atom is 0.257 e. The van der Waals surface area contributed by atoms with Crippen LogP contribution in [0.15, 0.2) is 12.1 Å². The Labute approximate surface area is 110 Å². The third kappa shape index (κ3) is 2.76. The normalized spacial score (nSPS) is 19.6. The Morgan fingerprint density at radius 1 is 1.37 bits per heavy atom. The van der Waals surface area contributed by atoms with Gasteiger partial charge in [-0.25, -0.2) is 8.78 Å². The number of aliphatic hydroxyl groups is 1. The zero-order valence-corrected chi connectivity index (χ0v) is 10.8. The van der Waals surface area contributed by atoms with Crippen molar-refractivity contribution in [3.63, 3.8) is 0 Å². The summed E-state index contributed by atoms with van der Waals surface area (Å²) in [5.41, 5.74) is 0.113. The van der Waals surface area contributed by atoms with Crippen LogP contribution >= 0.6 is 0 Å². The van der Waals surface area contributed by atoms with Gasteiger partial charge in [0.2, 0.25) is 0 Å². The highest BCUT2D eigenvalue weighted by Gasteiger charge is 2.28. The van der Waals surface area contributed by atoms with Gasteiger partial charge in [0.1, 0.15) is 11.6 Å². The number of aliphatic hydroxyl groups excluding tert-OH is 1. The molecule has 0 aliphatic carbocycles. The van der Waals surface area contributed by atoms with Gasteiger partial charge in [0, 0.05) is 12.6 Å². The molecule has 104 valence electrons. The van der Waals surface area contributed by atoms with E-state index in [1.54, 1.807) is 0 Å². The number of piperidine rings is 1. The molecule has 1 saturated heterocycles. The van der Waals surface area contributed by atoms with E-state index >= 15 is 0 Å². The number of likely N-dealkylation sites (tertiary alicyclic amines) is 1. The van der Waals surface area contributed by atoms with Gasteiger partial charge in [0.25, 0.3) is 5.91 Å². The Morgan fingerprint density at radius 2 is 2.11 bits per heavy atom. The topological polar surface area (TPSA) is 40.5 Å². The van der Waals surface area contributed by atoms with Gasteiger partial charge in [-0.05, 0) is 37.8 Å². The van der Waals surface area contributed by atoms with E-state index in [1.165, 1.54) is 17.9 Å². The lowest BCUT2D eigenvalue weighted by Gasteiger charge is -2.34. The van der Waals surface area contributed by atoms with Gasteiger partial charge in [-0.15, -0.1) is 0 Å². The number of hydrogen-bond acceptors (Lipinski definition) is 2. The number of amides is 1. The average molecular weight is 269 g/mol. The molecule has 1 aliphatic heterocycles. The molecule has 0 radical (unpaired) electrons. The van der Waals surface area contributed by atoms with Gasteiger partial charge < -0.3 is 10.0 Å². The Kier molecular flexibility index (Phi) is 4.14. The molecule has 1 fully saturated rings. The van der Waals surface area contributed by atoms with Crippen LogP contribution in [0, 0.1) is 18.6 Å². The molecule has 0 bridgehead atoms. The van der Waals surface area contributed by atoms with E-state index in [0.717, 1.165) is 18.9 Å². The minimum Gasteiger partial charge on any atom is -0.394 e. The molecule has 0 spiro atoms. The zero-order valence-electron chi connectivity index (χ0n) is 10.8. The fourth-order valence-electron chi connectivity index (χ4n) is 2.43. The lowest BCUT2D eigenvalue weighted by atomic mass is 10.0. The number of aryl methyl sites for hydroxylation is 1. The number of carbonyl (C=O) groups excluding carboxylic acids is 1. The molecule has 1 unspecified atom stereocenters. The molecular weight excluding hydrogens is 252 g/mol. The molecule has 1 atom stereocenters. The summed E-state index contributed by atoms with van der Waals surface area (Å²) < 4.78 is 26.9. The van der Waals surface area contributed by atoms with Crippen molar-refractivity contribution in [2.45, 2.75) is 32.2 Å². The van der Waals surface area contributed by atoms with Crippen molar-refractivity contribution in [1.29, 1.82) is 0 Å². The van der Waals surface area contributed by atoms with Gasteiger partial charge in [-0.1, -0.05) is 0 Å². The van der Waals surface area contributed by atoms with E-state index in [0.29, 0.717) is 13.0 Å². The molecule has 19 heavy (non-hydrogen) atoms. The Balaban J connectivity index is 2.30. The Bertz CT molecular complexity index is 491. The first-order valence-electron chi connectivity index (χ1n) is 6.42. The van der Waals surface area contributed by atoms with Crippen LogP contribution in [0.2, 0.25) is 0 Å². The van der Waals surface area contributed by atoms with Gasteiger partial charge in [-0.2, -0.15) is 0 Å². The van der Waals surface area contributed by atoms with E-state index in [9.17, 15) is 18.7 Å². The molecule has 0 saturated carbocycles. The second kappa shape index (κ2) is 5.65. The van der Waals surface area contributed by atoms with Crippen LogP contribution in [0.25, 0.3) is 0 Å². The van der Waals surface area contributed by atoms with Crippen LogP contribution in [0.1, 0.15) is 35.2 Å². The maximum atomic E-state index is 13.7. The number of rotatable bonds is 2. The first-order valence-corrected chi connectivity index (χ1v) is 6.42. The number of carbonyl (C=O) groups is 1. The van der Waals surface area contributed by atoms with Crippen LogP contribution in [0.4, 0.5) is 8.78 Å². The molecule has 2 rings (SSSR count). The number of halogens is 2. The zero-order chi connectivity index (χ0) is 14.0. The van der Waals surface area contributed by atoms with Crippen molar-refractivity contribution in [3.05, 3.63) is 34.9 Å². The van der Waals surface area contributed by atoms with Gasteiger partial charge in [0.05, 0.1) is 18.2 Å². The molecule has 1 amide bonds. The third-order valence-corrected chi connectivity index (χ3v) is 3.58. The van der Waals surface area contributed by atoms with Gasteiger partial charge in [0.15, 0.2) is 0 Å². The minimum atomic E-state index is -0.852. The van der Waals surface area contributed by atoms with Crippen molar-refractivity contribution in [1.82, 2.24) is 4.90 Å². The van der Waals surface area contributed by atoms with Crippen molar-refractivity contribution in [2.75, 3.05) is 13.2 Å². The summed E-state index contributed by atoms with van der Waals surface area (Å²) in [4.78, 5) is 13.8. The molecule has 1 aromatic carbocycles. The summed E-state index contributed by atoms with van der Waals surface area (Å²) >= 11 is 0. The summed E-state index contributed by atoms with van der Waals surface area (Å²) in [6.45, 7) is 1.86. The van der Waals surface area contributed by atoms with Crippen molar-refractivity contribution < 1.29 is 18.7 Å². The van der Waals surface area contributed by atoms with Crippen molar-refractivity contribution in [2.24, 2.45) is 0 Å². The molecule has 3 nitrogen and oxygen atoms in total. The SMILES string of the molecule is Cc1cc(C(=O)N2CCCCC2CO)c(F)cc1F. The largest absolute Gasteiger partial charge is 0.394 e. The van der Waals surface area contributed by atoms with Crippen LogP contribution < -0.4 is 0 Å². The lowest BCUT2D eigenvalue weighted by Crippen LogP contribution is -2.45. The van der Waals surface area contributed by atoms with E-state index in [2.05, 4.69) is 0 Å². The Morgan fingerprint density at radius 3 is 2.79 bits per heavy atom. The van der Waals surface area contributed by atoms with Crippen LogP contribution in [0.3, 0.4) is 0 Å². The second-order valence-electron chi connectivity index (χ2n) is 4.91. The highest BCUT2D eigenvalue weighted by atomic mass is 19.1. The van der Waals surface area contributed by atoms with E-state index in [1.807, 2.05) is 0 Å². The third-order valence-electron chi connectivity index (χ3n) is 3.58. The van der Waals surface area contributed by atoms with Crippen LogP contribution in [-0.4, -0.2) is 35.1 Å². The maximum absolute atomic E-state index is 13.7. The average Bonchev–Trinajstić information content (AvgIpc) is 2.42. The molecule has 1 heterocycles. The van der Waals surface area contributed by atoms with Gasteiger partial charge >= 0.3 is 0 Å². The summed E-state index contributed by atoms with van der Waals surface area (Å²) in [7, 11) is 0. The first kappa shape index (κ1) is 13.9. The Hall–Kier alpha value is -1.49. The molecule has 1 N–H and O–H groups in total. The van der Waals surface area contributed by atoms with E-state index in [-0.39, 0.29) is 23.8 Å². The highest BCUT2D eigenvalue weighted by Crippen LogP contribution is 2.22. The fourth-order valence-corrected chi connectivity index (χ4v) is 2.43. The number of hydrogen-bond donors (Lipinski definition) is 1. The van der Waals surface area contributed by atoms with Crippen LogP contribution in [0.5, 0.6) is 0 Å². The number of nitrogens with zero attached hydrogens (tertiary/aromatic N) is 1. The van der Waals surface area contributed by atoms with Gasteiger partial charge in [-0.3, -0.25) is 4.79 Å². The van der Waals surface area contributed by atoms with E-state index in [4.69, 9.17) is 0 Å². The summed E-state index contributed by atoms with van der Waals surface area (Å²) in [6.07, 6.45) is 2.49. The van der Waals surface area contributed by atoms with E-state index < -0.39 is 17.5 Å². The highest BCUT2D eigenvalue weighted by molar-refractivity contribution is 5.95. The predicted molar refractivity (Wildman–Crippen MR) is 66.9 cm³/mol. The van der Waals surface area contributed by atoms with Crippen LogP contribution in [-0.2, 0) is 0 Å². The van der Waals surface area contributed by atoms with Crippen molar-refractivity contribution in [3.8, 4) is 0 Å². The smallest absolute Gasteiger partial charge is 0.257 e. The molecule has 5 heteroatoms. The summed E-state index contributed by atoms with van der Waals surface area (Å²) in [5, 5.41) is 9.28. The van der Waals surface area contributed by atoms with Crippen molar-refractivity contribution >= 4 is 5.91 Å². The monoisotopic (exact) mass is 269 g/mol.